The van der Waals surface area contributed by atoms with E-state index in [1.165, 1.54) is 0 Å². The number of nitrogens with zero attached hydrogens (tertiary/aromatic N) is 1. The van der Waals surface area contributed by atoms with Crippen molar-refractivity contribution in [2.24, 2.45) is 5.92 Å². The van der Waals surface area contributed by atoms with E-state index in [0.717, 1.165) is 28.7 Å². The second kappa shape index (κ2) is 4.50. The first-order valence-electron chi connectivity index (χ1n) is 6.40. The molecule has 19 heavy (non-hydrogen) atoms. The zero-order valence-corrected chi connectivity index (χ0v) is 10.7. The molecule has 1 aromatic carbocycles. The molecule has 3 heteroatoms. The number of rotatable bonds is 3. The number of pyridine rings is 1. The first-order valence-corrected chi connectivity index (χ1v) is 6.40. The summed E-state index contributed by atoms with van der Waals surface area (Å²) in [4.78, 5) is 15.0. The van der Waals surface area contributed by atoms with Gasteiger partial charge in [-0.05, 0) is 47.6 Å². The average molecular weight is 253 g/mol. The number of carboxylic acids is 1. The number of hydrogen-bond donors (Lipinski definition) is 1. The van der Waals surface area contributed by atoms with E-state index in [9.17, 15) is 4.79 Å². The number of hydrogen-bond acceptors (Lipinski definition) is 2. The highest BCUT2D eigenvalue weighted by molar-refractivity contribution is 5.76. The van der Waals surface area contributed by atoms with Crippen LogP contribution in [-0.2, 0) is 4.79 Å². The van der Waals surface area contributed by atoms with E-state index in [1.807, 2.05) is 31.3 Å². The summed E-state index contributed by atoms with van der Waals surface area (Å²) in [6, 6.07) is 10.2. The lowest BCUT2D eigenvalue weighted by molar-refractivity contribution is -0.138. The number of aryl methyl sites for hydroxylation is 1. The van der Waals surface area contributed by atoms with Crippen molar-refractivity contribution in [1.29, 1.82) is 0 Å². The summed E-state index contributed by atoms with van der Waals surface area (Å²) in [6.07, 6.45) is 4.39. The Morgan fingerprint density at radius 1 is 1.37 bits per heavy atom. The Hall–Kier alpha value is -2.16. The number of carbonyl (C=O) groups is 1. The van der Waals surface area contributed by atoms with Crippen LogP contribution in [0.2, 0.25) is 0 Å². The molecule has 0 bridgehead atoms. The molecule has 1 aliphatic rings. The van der Waals surface area contributed by atoms with Crippen molar-refractivity contribution in [3.05, 3.63) is 53.9 Å². The molecule has 3 rings (SSSR count). The fourth-order valence-corrected chi connectivity index (χ4v) is 2.57. The van der Waals surface area contributed by atoms with Gasteiger partial charge in [-0.15, -0.1) is 0 Å². The molecular formula is C16H15NO2. The van der Waals surface area contributed by atoms with Crippen molar-refractivity contribution < 1.29 is 9.90 Å². The standard InChI is InChI=1S/C16H15NO2/c1-10-9-17-6-5-13(10)11-3-2-4-12(7-11)14-8-15(14)16(18)19/h2-7,9,14-15H,8H2,1H3,(H,18,19)/t14-,15+/m0/s1. The van der Waals surface area contributed by atoms with Gasteiger partial charge >= 0.3 is 5.97 Å². The van der Waals surface area contributed by atoms with Crippen molar-refractivity contribution in [3.8, 4) is 11.1 Å². The summed E-state index contributed by atoms with van der Waals surface area (Å²) < 4.78 is 0. The van der Waals surface area contributed by atoms with Gasteiger partial charge in [-0.2, -0.15) is 0 Å². The lowest BCUT2D eigenvalue weighted by Crippen LogP contribution is -1.99. The van der Waals surface area contributed by atoms with Gasteiger partial charge in [0.25, 0.3) is 0 Å². The Kier molecular flexibility index (Phi) is 2.82. The van der Waals surface area contributed by atoms with Crippen LogP contribution < -0.4 is 0 Å². The summed E-state index contributed by atoms with van der Waals surface area (Å²) in [5.74, 6) is -0.705. The van der Waals surface area contributed by atoms with E-state index in [1.54, 1.807) is 6.20 Å². The monoisotopic (exact) mass is 253 g/mol. The highest BCUT2D eigenvalue weighted by Crippen LogP contribution is 2.48. The maximum Gasteiger partial charge on any atom is 0.307 e. The second-order valence-corrected chi connectivity index (χ2v) is 5.10. The fourth-order valence-electron chi connectivity index (χ4n) is 2.57. The summed E-state index contributed by atoms with van der Waals surface area (Å²) in [6.45, 7) is 2.03. The Labute approximate surface area is 111 Å². The zero-order chi connectivity index (χ0) is 13.4. The first kappa shape index (κ1) is 11.9. The van der Waals surface area contributed by atoms with E-state index in [0.29, 0.717) is 0 Å². The van der Waals surface area contributed by atoms with Crippen LogP contribution in [0.4, 0.5) is 0 Å². The molecule has 1 aliphatic carbocycles. The minimum absolute atomic E-state index is 0.180. The molecule has 2 atom stereocenters. The molecule has 1 fully saturated rings. The molecule has 2 aromatic rings. The maximum atomic E-state index is 10.9. The summed E-state index contributed by atoms with van der Waals surface area (Å²) in [7, 11) is 0. The zero-order valence-electron chi connectivity index (χ0n) is 10.7. The van der Waals surface area contributed by atoms with Gasteiger partial charge in [0.2, 0.25) is 0 Å². The van der Waals surface area contributed by atoms with E-state index in [4.69, 9.17) is 5.11 Å². The topological polar surface area (TPSA) is 50.2 Å². The van der Waals surface area contributed by atoms with Crippen LogP contribution in [-0.4, -0.2) is 16.1 Å². The van der Waals surface area contributed by atoms with Crippen molar-refractivity contribution in [2.45, 2.75) is 19.3 Å². The molecular weight excluding hydrogens is 238 g/mol. The SMILES string of the molecule is Cc1cnccc1-c1cccc([C@@H]2C[C@H]2C(=O)O)c1. The Morgan fingerprint density at radius 3 is 2.89 bits per heavy atom. The molecule has 1 heterocycles. The smallest absolute Gasteiger partial charge is 0.307 e. The molecule has 0 spiro atoms. The fraction of sp³-hybridized carbons (Fsp3) is 0.250. The molecule has 1 saturated carbocycles. The maximum absolute atomic E-state index is 10.9. The van der Waals surface area contributed by atoms with E-state index in [-0.39, 0.29) is 11.8 Å². The van der Waals surface area contributed by atoms with Gasteiger partial charge in [-0.3, -0.25) is 9.78 Å². The van der Waals surface area contributed by atoms with Crippen LogP contribution in [0.15, 0.2) is 42.7 Å². The molecule has 3 nitrogen and oxygen atoms in total. The molecule has 0 unspecified atom stereocenters. The highest BCUT2D eigenvalue weighted by Gasteiger charge is 2.44. The third-order valence-corrected chi connectivity index (χ3v) is 3.75. The predicted octanol–water partition coefficient (Wildman–Crippen LogP) is 3.25. The van der Waals surface area contributed by atoms with Gasteiger partial charge in [-0.1, -0.05) is 24.3 Å². The average Bonchev–Trinajstić information content (AvgIpc) is 3.20. The van der Waals surface area contributed by atoms with Gasteiger partial charge in [-0.25, -0.2) is 0 Å². The normalized spacial score (nSPS) is 21.1. The van der Waals surface area contributed by atoms with Crippen LogP contribution in [0, 0.1) is 12.8 Å². The van der Waals surface area contributed by atoms with Crippen LogP contribution in [0.5, 0.6) is 0 Å². The van der Waals surface area contributed by atoms with E-state index >= 15 is 0 Å². The van der Waals surface area contributed by atoms with Gasteiger partial charge in [0, 0.05) is 12.4 Å². The second-order valence-electron chi connectivity index (χ2n) is 5.10. The minimum Gasteiger partial charge on any atom is -0.481 e. The van der Waals surface area contributed by atoms with Crippen LogP contribution >= 0.6 is 0 Å². The Bertz CT molecular complexity index is 636. The molecule has 0 radical (unpaired) electrons. The van der Waals surface area contributed by atoms with Crippen molar-refractivity contribution >= 4 is 5.97 Å². The summed E-state index contributed by atoms with van der Waals surface area (Å²) in [5.41, 5.74) is 4.55. The van der Waals surface area contributed by atoms with Gasteiger partial charge < -0.3 is 5.11 Å². The largest absolute Gasteiger partial charge is 0.481 e. The number of aromatic nitrogens is 1. The van der Waals surface area contributed by atoms with Gasteiger partial charge in [0.1, 0.15) is 0 Å². The highest BCUT2D eigenvalue weighted by atomic mass is 16.4. The molecule has 1 aromatic heterocycles. The lowest BCUT2D eigenvalue weighted by Gasteiger charge is -2.07. The number of benzene rings is 1. The third kappa shape index (κ3) is 2.24. The third-order valence-electron chi connectivity index (χ3n) is 3.75. The molecule has 0 aliphatic heterocycles. The summed E-state index contributed by atoms with van der Waals surface area (Å²) >= 11 is 0. The quantitative estimate of drug-likeness (QED) is 0.913. The van der Waals surface area contributed by atoms with Crippen molar-refractivity contribution in [1.82, 2.24) is 4.98 Å². The van der Waals surface area contributed by atoms with Crippen LogP contribution in [0.3, 0.4) is 0 Å². The van der Waals surface area contributed by atoms with E-state index in [2.05, 4.69) is 17.1 Å². The molecule has 1 N–H and O–H groups in total. The van der Waals surface area contributed by atoms with Crippen LogP contribution in [0.1, 0.15) is 23.5 Å². The lowest BCUT2D eigenvalue weighted by atomic mass is 9.98. The van der Waals surface area contributed by atoms with E-state index < -0.39 is 5.97 Å². The molecule has 0 saturated heterocycles. The van der Waals surface area contributed by atoms with Gasteiger partial charge in [0.05, 0.1) is 5.92 Å². The Morgan fingerprint density at radius 2 is 2.21 bits per heavy atom. The number of aliphatic carboxylic acids is 1. The molecule has 96 valence electrons. The minimum atomic E-state index is -0.685. The van der Waals surface area contributed by atoms with Crippen molar-refractivity contribution in [3.63, 3.8) is 0 Å². The van der Waals surface area contributed by atoms with Crippen molar-refractivity contribution in [2.75, 3.05) is 0 Å². The Balaban J connectivity index is 1.93. The number of carboxylic acid groups (broad SMARTS) is 1. The molecule has 0 amide bonds. The predicted molar refractivity (Wildman–Crippen MR) is 72.9 cm³/mol. The van der Waals surface area contributed by atoms with Gasteiger partial charge in [0.15, 0.2) is 0 Å². The van der Waals surface area contributed by atoms with Crippen LogP contribution in [0.25, 0.3) is 11.1 Å². The summed E-state index contributed by atoms with van der Waals surface area (Å²) in [5, 5.41) is 9.01. The first-order chi connectivity index (χ1) is 9.16.